The second-order valence-electron chi connectivity index (χ2n) is 5.27. The fraction of sp³-hybridized carbons (Fsp3) is 0. The smallest absolute Gasteiger partial charge is 0.272 e. The van der Waals surface area contributed by atoms with Crippen molar-refractivity contribution in [2.75, 3.05) is 0 Å². The van der Waals surface area contributed by atoms with Gasteiger partial charge >= 0.3 is 0 Å². The highest BCUT2D eigenvalue weighted by Crippen LogP contribution is 2.22. The third kappa shape index (κ3) is 2.13. The zero-order valence-electron chi connectivity index (χ0n) is 11.8. The summed E-state index contributed by atoms with van der Waals surface area (Å²) in [7, 11) is 0. The summed E-state index contributed by atoms with van der Waals surface area (Å²) in [6, 6.07) is 18.2. The third-order valence-corrected chi connectivity index (χ3v) is 3.82. The van der Waals surface area contributed by atoms with Crippen LogP contribution in [-0.2, 0) is 0 Å². The molecular weight excluding hydrogens is 272 g/mol. The molecule has 0 bridgehead atoms. The lowest BCUT2D eigenvalue weighted by atomic mass is 10.1. The number of nitrogens with one attached hydrogen (secondary N) is 2. The number of fused-ring (bicyclic) bond motifs is 3. The Balaban J connectivity index is 1.85. The van der Waals surface area contributed by atoms with E-state index < -0.39 is 0 Å². The number of pyridine rings is 1. The SMILES string of the molecule is O=c1[nH]c2ccc(C=Cc3ccccc3)cc2c2cc[nH]c12. The zero-order chi connectivity index (χ0) is 14.9. The first-order valence-electron chi connectivity index (χ1n) is 7.17. The number of hydrogen-bond acceptors (Lipinski definition) is 1. The predicted molar refractivity (Wildman–Crippen MR) is 91.8 cm³/mol. The van der Waals surface area contributed by atoms with Crippen LogP contribution in [0, 0.1) is 0 Å². The molecule has 0 saturated heterocycles. The summed E-state index contributed by atoms with van der Waals surface area (Å²) in [6.45, 7) is 0. The van der Waals surface area contributed by atoms with Gasteiger partial charge in [-0.2, -0.15) is 0 Å². The monoisotopic (exact) mass is 286 g/mol. The molecule has 0 saturated carbocycles. The van der Waals surface area contributed by atoms with Gasteiger partial charge in [0, 0.05) is 22.5 Å². The zero-order valence-corrected chi connectivity index (χ0v) is 11.8. The van der Waals surface area contributed by atoms with Gasteiger partial charge < -0.3 is 9.97 Å². The molecular formula is C19H14N2O. The lowest BCUT2D eigenvalue weighted by Crippen LogP contribution is -2.05. The molecule has 0 spiro atoms. The molecule has 0 unspecified atom stereocenters. The van der Waals surface area contributed by atoms with Crippen molar-refractivity contribution in [3.05, 3.63) is 82.3 Å². The van der Waals surface area contributed by atoms with Gasteiger partial charge in [-0.15, -0.1) is 0 Å². The van der Waals surface area contributed by atoms with Gasteiger partial charge in [-0.25, -0.2) is 0 Å². The first-order valence-corrected chi connectivity index (χ1v) is 7.17. The highest BCUT2D eigenvalue weighted by Gasteiger charge is 2.05. The van der Waals surface area contributed by atoms with Crippen molar-refractivity contribution in [1.82, 2.24) is 9.97 Å². The molecule has 2 heterocycles. The Morgan fingerprint density at radius 1 is 0.818 bits per heavy atom. The standard InChI is InChI=1S/C19H14N2O/c22-19-18-15(10-11-20-18)16-12-14(8-9-17(16)21-19)7-6-13-4-2-1-3-5-13/h1-12,20H,(H,21,22). The summed E-state index contributed by atoms with van der Waals surface area (Å²) in [5.41, 5.74) is 3.66. The summed E-state index contributed by atoms with van der Waals surface area (Å²) < 4.78 is 0. The molecule has 0 amide bonds. The topological polar surface area (TPSA) is 48.6 Å². The highest BCUT2D eigenvalue weighted by molar-refractivity contribution is 6.05. The molecule has 3 nitrogen and oxygen atoms in total. The van der Waals surface area contributed by atoms with Crippen LogP contribution < -0.4 is 5.56 Å². The van der Waals surface area contributed by atoms with E-state index in [0.29, 0.717) is 5.52 Å². The number of hydrogen-bond donors (Lipinski definition) is 2. The molecule has 4 aromatic rings. The quantitative estimate of drug-likeness (QED) is 0.534. The molecule has 2 aromatic heterocycles. The van der Waals surface area contributed by atoms with E-state index >= 15 is 0 Å². The molecule has 22 heavy (non-hydrogen) atoms. The predicted octanol–water partition coefficient (Wildman–Crippen LogP) is 4.18. The second kappa shape index (κ2) is 5.04. The number of benzene rings is 2. The summed E-state index contributed by atoms with van der Waals surface area (Å²) in [4.78, 5) is 17.9. The minimum atomic E-state index is -0.0833. The number of H-pyrrole nitrogens is 2. The molecule has 4 rings (SSSR count). The highest BCUT2D eigenvalue weighted by atomic mass is 16.1. The van der Waals surface area contributed by atoms with Crippen molar-refractivity contribution in [3.8, 4) is 0 Å². The van der Waals surface area contributed by atoms with E-state index in [4.69, 9.17) is 0 Å². The van der Waals surface area contributed by atoms with Crippen molar-refractivity contribution in [3.63, 3.8) is 0 Å². The van der Waals surface area contributed by atoms with Crippen LogP contribution in [0.1, 0.15) is 11.1 Å². The Hall–Kier alpha value is -3.07. The maximum atomic E-state index is 11.9. The van der Waals surface area contributed by atoms with Crippen LogP contribution in [0.2, 0.25) is 0 Å². The van der Waals surface area contributed by atoms with Crippen LogP contribution in [0.25, 0.3) is 34.0 Å². The number of aromatic amines is 2. The number of rotatable bonds is 2. The van der Waals surface area contributed by atoms with Crippen LogP contribution in [0.3, 0.4) is 0 Å². The Labute approximate surface area is 126 Å². The normalized spacial score (nSPS) is 11.6. The maximum absolute atomic E-state index is 11.9. The van der Waals surface area contributed by atoms with E-state index in [-0.39, 0.29) is 5.56 Å². The Morgan fingerprint density at radius 2 is 1.64 bits per heavy atom. The van der Waals surface area contributed by atoms with Crippen molar-refractivity contribution < 1.29 is 0 Å². The molecule has 3 heteroatoms. The Bertz CT molecular complexity index is 1040. The molecule has 0 fully saturated rings. The van der Waals surface area contributed by atoms with E-state index in [1.807, 2.05) is 36.4 Å². The molecule has 0 aliphatic carbocycles. The van der Waals surface area contributed by atoms with Gasteiger partial charge in [0.05, 0.1) is 0 Å². The maximum Gasteiger partial charge on any atom is 0.272 e. The van der Waals surface area contributed by atoms with Crippen LogP contribution >= 0.6 is 0 Å². The van der Waals surface area contributed by atoms with Gasteiger partial charge in [0.2, 0.25) is 0 Å². The van der Waals surface area contributed by atoms with Gasteiger partial charge in [-0.1, -0.05) is 48.6 Å². The van der Waals surface area contributed by atoms with Crippen molar-refractivity contribution in [1.29, 1.82) is 0 Å². The van der Waals surface area contributed by atoms with Gasteiger partial charge in [0.15, 0.2) is 0 Å². The van der Waals surface area contributed by atoms with Crippen LogP contribution in [0.4, 0.5) is 0 Å². The summed E-state index contributed by atoms with van der Waals surface area (Å²) >= 11 is 0. The number of aromatic nitrogens is 2. The van der Waals surface area contributed by atoms with Crippen molar-refractivity contribution in [2.45, 2.75) is 0 Å². The largest absolute Gasteiger partial charge is 0.357 e. The van der Waals surface area contributed by atoms with E-state index in [1.165, 1.54) is 0 Å². The lowest BCUT2D eigenvalue weighted by molar-refractivity contribution is 1.31. The minimum Gasteiger partial charge on any atom is -0.357 e. The van der Waals surface area contributed by atoms with Crippen LogP contribution in [0.5, 0.6) is 0 Å². The molecule has 0 aliphatic rings. The van der Waals surface area contributed by atoms with Crippen molar-refractivity contribution >= 4 is 34.0 Å². The first-order chi connectivity index (χ1) is 10.8. The fourth-order valence-electron chi connectivity index (χ4n) is 2.72. The Kier molecular flexibility index (Phi) is 2.90. The summed E-state index contributed by atoms with van der Waals surface area (Å²) in [6.07, 6.45) is 5.96. The molecule has 0 radical (unpaired) electrons. The molecule has 2 aromatic carbocycles. The first kappa shape index (κ1) is 12.7. The fourth-order valence-corrected chi connectivity index (χ4v) is 2.72. The summed E-state index contributed by atoms with van der Waals surface area (Å²) in [5, 5.41) is 2.00. The second-order valence-corrected chi connectivity index (χ2v) is 5.27. The molecule has 0 aliphatic heterocycles. The molecule has 0 atom stereocenters. The van der Waals surface area contributed by atoms with E-state index in [9.17, 15) is 4.79 Å². The molecule has 106 valence electrons. The van der Waals surface area contributed by atoms with Crippen LogP contribution in [-0.4, -0.2) is 9.97 Å². The van der Waals surface area contributed by atoms with Gasteiger partial charge in [0.25, 0.3) is 5.56 Å². The average molecular weight is 286 g/mol. The van der Waals surface area contributed by atoms with E-state index in [0.717, 1.165) is 27.4 Å². The van der Waals surface area contributed by atoms with Crippen molar-refractivity contribution in [2.24, 2.45) is 0 Å². The Morgan fingerprint density at radius 3 is 2.50 bits per heavy atom. The average Bonchev–Trinajstić information content (AvgIpc) is 3.05. The third-order valence-electron chi connectivity index (χ3n) is 3.82. The van der Waals surface area contributed by atoms with Crippen LogP contribution in [0.15, 0.2) is 65.6 Å². The summed E-state index contributed by atoms with van der Waals surface area (Å²) in [5.74, 6) is 0. The van der Waals surface area contributed by atoms with Gasteiger partial charge in [-0.05, 0) is 29.3 Å². The minimum absolute atomic E-state index is 0.0833. The van der Waals surface area contributed by atoms with E-state index in [1.54, 1.807) is 6.20 Å². The van der Waals surface area contributed by atoms with E-state index in [2.05, 4.69) is 40.3 Å². The molecule has 2 N–H and O–H groups in total. The lowest BCUT2D eigenvalue weighted by Gasteiger charge is -2.02. The van der Waals surface area contributed by atoms with Gasteiger partial charge in [-0.3, -0.25) is 4.79 Å². The van der Waals surface area contributed by atoms with Gasteiger partial charge in [0.1, 0.15) is 5.52 Å².